The first-order valence-corrected chi connectivity index (χ1v) is 5.47. The van der Waals surface area contributed by atoms with Gasteiger partial charge in [-0.05, 0) is 6.07 Å². The summed E-state index contributed by atoms with van der Waals surface area (Å²) in [6.07, 6.45) is 1.59. The van der Waals surface area contributed by atoms with Gasteiger partial charge in [-0.3, -0.25) is 5.32 Å². The lowest BCUT2D eigenvalue weighted by molar-refractivity contribution is 0.584. The number of hydrogen-bond acceptors (Lipinski definition) is 7. The van der Waals surface area contributed by atoms with Crippen LogP contribution in [-0.4, -0.2) is 43.1 Å². The van der Waals surface area contributed by atoms with Crippen LogP contribution in [0.15, 0.2) is 22.8 Å². The number of nitrogens with zero attached hydrogens (tertiary/aromatic N) is 5. The maximum absolute atomic E-state index is 5.20. The lowest BCUT2D eigenvalue weighted by Gasteiger charge is -2.16. The van der Waals surface area contributed by atoms with Crippen molar-refractivity contribution in [3.63, 3.8) is 0 Å². The summed E-state index contributed by atoms with van der Waals surface area (Å²) in [6.45, 7) is 0. The van der Waals surface area contributed by atoms with Crippen molar-refractivity contribution in [2.24, 2.45) is 0 Å². The Morgan fingerprint density at radius 1 is 1.00 bits per heavy atom. The van der Waals surface area contributed by atoms with Gasteiger partial charge in [-0.1, -0.05) is 0 Å². The average Bonchev–Trinajstić information content (AvgIpc) is 2.81. The van der Waals surface area contributed by atoms with Crippen LogP contribution in [-0.2, 0) is 0 Å². The van der Waals surface area contributed by atoms with Crippen molar-refractivity contribution in [3.8, 4) is 0 Å². The topological polar surface area (TPSA) is 70.3 Å². The fourth-order valence-electron chi connectivity index (χ4n) is 1.27. The standard InChI is InChI=1S/C11H16N6O/c1-16(2)10-13-9(12-8-6-5-7-18-8)14-11(15-10)17(3)4/h5-7H,1-4H3,(H,12,13,14,15). The van der Waals surface area contributed by atoms with Gasteiger partial charge < -0.3 is 14.2 Å². The highest BCUT2D eigenvalue weighted by atomic mass is 16.3. The van der Waals surface area contributed by atoms with Crippen LogP contribution in [0.25, 0.3) is 0 Å². The highest BCUT2D eigenvalue weighted by Crippen LogP contribution is 2.17. The van der Waals surface area contributed by atoms with Gasteiger partial charge in [0.2, 0.25) is 17.8 Å². The van der Waals surface area contributed by atoms with Gasteiger partial charge in [0.25, 0.3) is 0 Å². The molecule has 0 aliphatic rings. The second-order valence-electron chi connectivity index (χ2n) is 4.15. The highest BCUT2D eigenvalue weighted by molar-refractivity contribution is 5.50. The van der Waals surface area contributed by atoms with Gasteiger partial charge >= 0.3 is 0 Å². The zero-order valence-electron chi connectivity index (χ0n) is 10.9. The van der Waals surface area contributed by atoms with E-state index in [1.165, 1.54) is 0 Å². The molecule has 0 saturated carbocycles. The van der Waals surface area contributed by atoms with Gasteiger partial charge in [0.1, 0.15) is 0 Å². The van der Waals surface area contributed by atoms with Gasteiger partial charge in [0.05, 0.1) is 6.26 Å². The minimum absolute atomic E-state index is 0.451. The summed E-state index contributed by atoms with van der Waals surface area (Å²) in [5.74, 6) is 2.22. The zero-order chi connectivity index (χ0) is 13.1. The predicted molar refractivity (Wildman–Crippen MR) is 70.5 cm³/mol. The fourth-order valence-corrected chi connectivity index (χ4v) is 1.27. The third kappa shape index (κ3) is 2.68. The summed E-state index contributed by atoms with van der Waals surface area (Å²) in [5, 5.41) is 2.99. The van der Waals surface area contributed by atoms with Gasteiger partial charge in [-0.15, -0.1) is 0 Å². The molecule has 2 rings (SSSR count). The van der Waals surface area contributed by atoms with Crippen molar-refractivity contribution in [3.05, 3.63) is 18.4 Å². The summed E-state index contributed by atoms with van der Waals surface area (Å²) >= 11 is 0. The van der Waals surface area contributed by atoms with Crippen LogP contribution in [0.1, 0.15) is 0 Å². The molecule has 0 bridgehead atoms. The molecular formula is C11H16N6O. The summed E-state index contributed by atoms with van der Waals surface area (Å²) in [6, 6.07) is 3.59. The van der Waals surface area contributed by atoms with E-state index in [4.69, 9.17) is 4.42 Å². The van der Waals surface area contributed by atoms with Gasteiger partial charge in [0.15, 0.2) is 5.88 Å². The van der Waals surface area contributed by atoms with Gasteiger partial charge in [0, 0.05) is 34.3 Å². The lowest BCUT2D eigenvalue weighted by atomic mass is 10.6. The van der Waals surface area contributed by atoms with Crippen molar-refractivity contribution in [2.75, 3.05) is 43.3 Å². The van der Waals surface area contributed by atoms with E-state index in [0.717, 1.165) is 0 Å². The van der Waals surface area contributed by atoms with Crippen molar-refractivity contribution >= 4 is 23.7 Å². The molecule has 7 nitrogen and oxygen atoms in total. The maximum Gasteiger partial charge on any atom is 0.236 e. The molecule has 0 aromatic carbocycles. The molecule has 0 unspecified atom stereocenters. The molecule has 0 fully saturated rings. The molecule has 2 heterocycles. The summed E-state index contributed by atoms with van der Waals surface area (Å²) in [7, 11) is 7.52. The van der Waals surface area contributed by atoms with E-state index in [-0.39, 0.29) is 0 Å². The summed E-state index contributed by atoms with van der Waals surface area (Å²) in [5.41, 5.74) is 0. The van der Waals surface area contributed by atoms with Crippen LogP contribution in [0.5, 0.6) is 0 Å². The first-order chi connectivity index (χ1) is 8.56. The van der Waals surface area contributed by atoms with Crippen LogP contribution in [0, 0.1) is 0 Å². The van der Waals surface area contributed by atoms with Crippen molar-refractivity contribution in [1.29, 1.82) is 0 Å². The molecule has 0 saturated heterocycles. The first-order valence-electron chi connectivity index (χ1n) is 5.47. The van der Waals surface area contributed by atoms with Crippen molar-refractivity contribution in [1.82, 2.24) is 15.0 Å². The Bertz CT molecular complexity index is 482. The molecule has 0 atom stereocenters. The Hall–Kier alpha value is -2.31. The Balaban J connectivity index is 2.34. The SMILES string of the molecule is CN(C)c1nc(Nc2ccco2)nc(N(C)C)n1. The molecule has 0 aliphatic heterocycles. The van der Waals surface area contributed by atoms with Crippen molar-refractivity contribution < 1.29 is 4.42 Å². The molecule has 1 N–H and O–H groups in total. The predicted octanol–water partition coefficient (Wildman–Crippen LogP) is 1.34. The third-order valence-electron chi connectivity index (χ3n) is 2.17. The molecule has 96 valence electrons. The number of rotatable bonds is 4. The minimum Gasteiger partial charge on any atom is -0.449 e. The number of hydrogen-bond donors (Lipinski definition) is 1. The maximum atomic E-state index is 5.20. The van der Waals surface area contributed by atoms with E-state index in [9.17, 15) is 0 Å². The molecule has 18 heavy (non-hydrogen) atoms. The molecule has 0 aliphatic carbocycles. The smallest absolute Gasteiger partial charge is 0.236 e. The Kier molecular flexibility index (Phi) is 3.31. The van der Waals surface area contributed by atoms with E-state index < -0.39 is 0 Å². The lowest BCUT2D eigenvalue weighted by Crippen LogP contribution is -2.19. The Morgan fingerprint density at radius 3 is 2.06 bits per heavy atom. The molecule has 2 aromatic rings. The van der Waals surface area contributed by atoms with E-state index in [1.807, 2.05) is 38.0 Å². The van der Waals surface area contributed by atoms with Crippen LogP contribution >= 0.6 is 0 Å². The molecule has 2 aromatic heterocycles. The van der Waals surface area contributed by atoms with E-state index in [0.29, 0.717) is 23.7 Å². The molecular weight excluding hydrogens is 232 g/mol. The number of anilines is 4. The zero-order valence-corrected chi connectivity index (χ0v) is 10.9. The fraction of sp³-hybridized carbons (Fsp3) is 0.364. The van der Waals surface area contributed by atoms with Gasteiger partial charge in [-0.25, -0.2) is 0 Å². The summed E-state index contributed by atoms with van der Waals surface area (Å²) < 4.78 is 5.20. The quantitative estimate of drug-likeness (QED) is 0.875. The van der Waals surface area contributed by atoms with E-state index >= 15 is 0 Å². The van der Waals surface area contributed by atoms with Crippen LogP contribution in [0.3, 0.4) is 0 Å². The second-order valence-corrected chi connectivity index (χ2v) is 4.15. The van der Waals surface area contributed by atoms with E-state index in [2.05, 4.69) is 20.3 Å². The monoisotopic (exact) mass is 248 g/mol. The van der Waals surface area contributed by atoms with Crippen LogP contribution < -0.4 is 15.1 Å². The molecule has 7 heteroatoms. The van der Waals surface area contributed by atoms with Crippen LogP contribution in [0.2, 0.25) is 0 Å². The second kappa shape index (κ2) is 4.91. The van der Waals surface area contributed by atoms with Gasteiger partial charge in [-0.2, -0.15) is 15.0 Å². The Labute approximate surface area is 105 Å². The normalized spacial score (nSPS) is 10.2. The summed E-state index contributed by atoms with van der Waals surface area (Å²) in [4.78, 5) is 16.6. The number of aromatic nitrogens is 3. The highest BCUT2D eigenvalue weighted by Gasteiger charge is 2.10. The first kappa shape index (κ1) is 12.2. The molecule has 0 spiro atoms. The van der Waals surface area contributed by atoms with Crippen molar-refractivity contribution in [2.45, 2.75) is 0 Å². The Morgan fingerprint density at radius 2 is 1.61 bits per heavy atom. The molecule has 0 amide bonds. The molecule has 0 radical (unpaired) electrons. The minimum atomic E-state index is 0.451. The number of furan rings is 1. The van der Waals surface area contributed by atoms with E-state index in [1.54, 1.807) is 18.4 Å². The largest absolute Gasteiger partial charge is 0.449 e. The van der Waals surface area contributed by atoms with Crippen LogP contribution in [0.4, 0.5) is 23.7 Å². The average molecular weight is 248 g/mol. The number of nitrogens with one attached hydrogen (secondary N) is 1. The third-order valence-corrected chi connectivity index (χ3v) is 2.17.